The zero-order valence-electron chi connectivity index (χ0n) is 14.5. The minimum Gasteiger partial charge on any atom is -0.387 e. The standard InChI is InChI=1S/C14H22N5O7P/c1-2-3-4-8-17-12(15)9-13(18-8)19(6-16-9)14-11(21)10(20)7(26-14)5-25-27(22,23)24/h6-7,10-11,14,20-21H,2-5H2,1H3,(H2,15,17,18)(H2,22,23,24)/t7-,10?,11?,14-/m1/s1. The van der Waals surface area contributed by atoms with E-state index in [-0.39, 0.29) is 5.82 Å². The lowest BCUT2D eigenvalue weighted by Crippen LogP contribution is -2.33. The first-order valence-electron chi connectivity index (χ1n) is 8.42. The number of hydrogen-bond donors (Lipinski definition) is 5. The van der Waals surface area contributed by atoms with E-state index in [1.165, 1.54) is 10.9 Å². The molecule has 0 saturated carbocycles. The highest BCUT2D eigenvalue weighted by atomic mass is 31.2. The normalized spacial score (nSPS) is 26.1. The van der Waals surface area contributed by atoms with Gasteiger partial charge in [0.1, 0.15) is 29.7 Å². The summed E-state index contributed by atoms with van der Waals surface area (Å²) < 4.78 is 22.2. The van der Waals surface area contributed by atoms with E-state index in [0.29, 0.717) is 23.4 Å². The second-order valence-corrected chi connectivity index (χ2v) is 7.52. The van der Waals surface area contributed by atoms with E-state index < -0.39 is 39.0 Å². The number of aliphatic hydroxyl groups is 2. The van der Waals surface area contributed by atoms with Crippen molar-refractivity contribution in [3.8, 4) is 0 Å². The van der Waals surface area contributed by atoms with Crippen molar-refractivity contribution in [3.05, 3.63) is 12.2 Å². The third-order valence-corrected chi connectivity index (χ3v) is 4.75. The van der Waals surface area contributed by atoms with Crippen LogP contribution in [0.1, 0.15) is 31.8 Å². The van der Waals surface area contributed by atoms with E-state index in [1.54, 1.807) is 0 Å². The summed E-state index contributed by atoms with van der Waals surface area (Å²) >= 11 is 0. The van der Waals surface area contributed by atoms with Crippen LogP contribution in [0.2, 0.25) is 0 Å². The third-order valence-electron chi connectivity index (χ3n) is 4.27. The number of nitrogen functional groups attached to an aromatic ring is 1. The number of hydrogen-bond acceptors (Lipinski definition) is 9. The summed E-state index contributed by atoms with van der Waals surface area (Å²) in [5.41, 5.74) is 6.60. The quantitative estimate of drug-likeness (QED) is 0.374. The zero-order chi connectivity index (χ0) is 19.8. The van der Waals surface area contributed by atoms with Gasteiger partial charge in [-0.3, -0.25) is 9.09 Å². The van der Waals surface area contributed by atoms with Gasteiger partial charge in [-0.25, -0.2) is 19.5 Å². The molecule has 0 aromatic carbocycles. The molecule has 3 heterocycles. The van der Waals surface area contributed by atoms with Crippen LogP contribution in [0.4, 0.5) is 5.82 Å². The first-order chi connectivity index (χ1) is 12.7. The number of phosphoric ester groups is 1. The van der Waals surface area contributed by atoms with Gasteiger partial charge in [0.2, 0.25) is 0 Å². The number of aryl methyl sites for hydroxylation is 1. The van der Waals surface area contributed by atoms with Gasteiger partial charge in [-0.15, -0.1) is 0 Å². The molecule has 0 amide bonds. The van der Waals surface area contributed by atoms with Gasteiger partial charge in [0.25, 0.3) is 0 Å². The minimum absolute atomic E-state index is 0.194. The Bertz CT molecular complexity index is 856. The fourth-order valence-corrected chi connectivity index (χ4v) is 3.23. The molecular formula is C14H22N5O7P. The van der Waals surface area contributed by atoms with Gasteiger partial charge in [0.05, 0.1) is 12.9 Å². The van der Waals surface area contributed by atoms with Gasteiger partial charge in [0.15, 0.2) is 17.7 Å². The van der Waals surface area contributed by atoms with E-state index in [4.69, 9.17) is 20.3 Å². The average molecular weight is 403 g/mol. The molecule has 0 radical (unpaired) electrons. The Labute approximate surface area is 154 Å². The van der Waals surface area contributed by atoms with E-state index in [2.05, 4.69) is 19.5 Å². The van der Waals surface area contributed by atoms with E-state index in [1.807, 2.05) is 6.92 Å². The highest BCUT2D eigenvalue weighted by Gasteiger charge is 2.45. The molecule has 0 aliphatic carbocycles. The van der Waals surface area contributed by atoms with Crippen molar-refractivity contribution >= 4 is 24.8 Å². The van der Waals surface area contributed by atoms with Crippen molar-refractivity contribution in [2.24, 2.45) is 0 Å². The average Bonchev–Trinajstić information content (AvgIpc) is 3.13. The van der Waals surface area contributed by atoms with Crippen LogP contribution in [-0.2, 0) is 20.2 Å². The van der Waals surface area contributed by atoms with Crippen LogP contribution in [0.25, 0.3) is 11.2 Å². The maximum Gasteiger partial charge on any atom is 0.469 e. The number of anilines is 1. The molecule has 1 aliphatic heterocycles. The predicted molar refractivity (Wildman–Crippen MR) is 92.3 cm³/mol. The molecule has 13 heteroatoms. The van der Waals surface area contributed by atoms with Crippen molar-refractivity contribution in [1.29, 1.82) is 0 Å². The Morgan fingerprint density at radius 2 is 2.07 bits per heavy atom. The SMILES string of the molecule is CCCCc1nc(N)c2ncn([C@@H]3O[C@H](COP(=O)(O)O)C(O)C3O)c2n1. The second kappa shape index (κ2) is 7.76. The van der Waals surface area contributed by atoms with Crippen LogP contribution < -0.4 is 5.73 Å². The predicted octanol–water partition coefficient (Wildman–Crippen LogP) is -0.520. The third kappa shape index (κ3) is 4.27. The Kier molecular flexibility index (Phi) is 5.77. The molecule has 12 nitrogen and oxygen atoms in total. The lowest BCUT2D eigenvalue weighted by atomic mass is 10.1. The summed E-state index contributed by atoms with van der Waals surface area (Å²) in [4.78, 5) is 30.4. The maximum absolute atomic E-state index is 10.8. The Balaban J connectivity index is 1.88. The molecule has 0 spiro atoms. The molecule has 150 valence electrons. The summed E-state index contributed by atoms with van der Waals surface area (Å²) in [6.07, 6.45) is -1.22. The molecule has 2 aromatic rings. The Morgan fingerprint density at radius 1 is 1.33 bits per heavy atom. The number of rotatable bonds is 7. The lowest BCUT2D eigenvalue weighted by molar-refractivity contribution is -0.0504. The largest absolute Gasteiger partial charge is 0.469 e. The maximum atomic E-state index is 10.8. The molecule has 4 atom stereocenters. The van der Waals surface area contributed by atoms with Crippen LogP contribution in [-0.4, -0.2) is 64.4 Å². The summed E-state index contributed by atoms with van der Waals surface area (Å²) in [5.74, 6) is 0.720. The van der Waals surface area contributed by atoms with Crippen molar-refractivity contribution in [1.82, 2.24) is 19.5 Å². The molecule has 6 N–H and O–H groups in total. The first kappa shape index (κ1) is 20.1. The minimum atomic E-state index is -4.74. The molecule has 1 fully saturated rings. The number of unbranched alkanes of at least 4 members (excludes halogenated alkanes) is 1. The molecule has 0 bridgehead atoms. The van der Waals surface area contributed by atoms with Gasteiger partial charge in [-0.2, -0.15) is 0 Å². The topological polar surface area (TPSA) is 186 Å². The fraction of sp³-hybridized carbons (Fsp3) is 0.643. The summed E-state index contributed by atoms with van der Waals surface area (Å²) in [5, 5.41) is 20.4. The van der Waals surface area contributed by atoms with E-state index in [0.717, 1.165) is 12.8 Å². The van der Waals surface area contributed by atoms with Crippen molar-refractivity contribution in [2.75, 3.05) is 12.3 Å². The molecule has 2 unspecified atom stereocenters. The number of phosphoric acid groups is 1. The number of ether oxygens (including phenoxy) is 1. The van der Waals surface area contributed by atoms with Crippen LogP contribution in [0, 0.1) is 0 Å². The highest BCUT2D eigenvalue weighted by Crippen LogP contribution is 2.38. The van der Waals surface area contributed by atoms with Gasteiger partial charge in [-0.05, 0) is 6.42 Å². The first-order valence-corrected chi connectivity index (χ1v) is 9.95. The van der Waals surface area contributed by atoms with Crippen LogP contribution in [0.5, 0.6) is 0 Å². The van der Waals surface area contributed by atoms with Crippen molar-refractivity contribution in [2.45, 2.75) is 50.7 Å². The van der Waals surface area contributed by atoms with E-state index in [9.17, 15) is 14.8 Å². The number of nitrogens with zero attached hydrogens (tertiary/aromatic N) is 4. The smallest absolute Gasteiger partial charge is 0.387 e. The summed E-state index contributed by atoms with van der Waals surface area (Å²) in [6, 6.07) is 0. The molecule has 3 rings (SSSR count). The van der Waals surface area contributed by atoms with E-state index >= 15 is 0 Å². The molecule has 1 aliphatic rings. The van der Waals surface area contributed by atoms with Gasteiger partial charge in [-0.1, -0.05) is 13.3 Å². The lowest BCUT2D eigenvalue weighted by Gasteiger charge is -2.17. The van der Waals surface area contributed by atoms with Crippen molar-refractivity contribution < 1.29 is 33.8 Å². The number of aromatic nitrogens is 4. The number of aliphatic hydroxyl groups excluding tert-OH is 2. The van der Waals surface area contributed by atoms with Gasteiger partial charge in [0, 0.05) is 6.42 Å². The number of imidazole rings is 1. The van der Waals surface area contributed by atoms with Crippen LogP contribution in [0.3, 0.4) is 0 Å². The van der Waals surface area contributed by atoms with Gasteiger partial charge < -0.3 is 30.5 Å². The molecule has 2 aromatic heterocycles. The summed E-state index contributed by atoms with van der Waals surface area (Å²) in [6.45, 7) is 1.45. The summed E-state index contributed by atoms with van der Waals surface area (Å²) in [7, 11) is -4.74. The number of fused-ring (bicyclic) bond motifs is 1. The Hall–Kier alpha value is -1.66. The molecule has 1 saturated heterocycles. The molecule has 27 heavy (non-hydrogen) atoms. The van der Waals surface area contributed by atoms with Crippen molar-refractivity contribution in [3.63, 3.8) is 0 Å². The highest BCUT2D eigenvalue weighted by molar-refractivity contribution is 7.46. The van der Waals surface area contributed by atoms with Crippen LogP contribution >= 0.6 is 7.82 Å². The Morgan fingerprint density at radius 3 is 2.74 bits per heavy atom. The fourth-order valence-electron chi connectivity index (χ4n) is 2.89. The van der Waals surface area contributed by atoms with Gasteiger partial charge >= 0.3 is 7.82 Å². The number of nitrogens with two attached hydrogens (primary N) is 1. The molecular weight excluding hydrogens is 381 g/mol. The van der Waals surface area contributed by atoms with Crippen LogP contribution in [0.15, 0.2) is 6.33 Å². The zero-order valence-corrected chi connectivity index (χ0v) is 15.4. The second-order valence-electron chi connectivity index (χ2n) is 6.29. The monoisotopic (exact) mass is 403 g/mol.